The molecule has 0 amide bonds. The van der Waals surface area contributed by atoms with Crippen LogP contribution in [0.1, 0.15) is 11.1 Å². The second-order valence-corrected chi connectivity index (χ2v) is 8.88. The molecule has 1 saturated heterocycles. The molecule has 0 spiro atoms. The van der Waals surface area contributed by atoms with Crippen LogP contribution >= 0.6 is 12.2 Å². The summed E-state index contributed by atoms with van der Waals surface area (Å²) in [6, 6.07) is 14.0. The molecule has 1 aliphatic rings. The van der Waals surface area contributed by atoms with Gasteiger partial charge in [0.2, 0.25) is 10.0 Å². The van der Waals surface area contributed by atoms with Gasteiger partial charge in [-0.2, -0.15) is 4.31 Å². The molecule has 27 heavy (non-hydrogen) atoms. The molecule has 1 heterocycles. The Hall–Kier alpha value is -2.03. The predicted molar refractivity (Wildman–Crippen MR) is 110 cm³/mol. The second kappa shape index (κ2) is 8.33. The highest BCUT2D eigenvalue weighted by Crippen LogP contribution is 2.17. The molecule has 0 bridgehead atoms. The standard InChI is InChI=1S/C19H22FN3O2S2/c1-15-7-8-17(13-18(15)20)21-19(26)22-9-11-23(12-10-22)27(24,25)14-16-5-3-2-4-6-16/h2-8,13H,9-12,14H2,1H3,(H,21,26). The van der Waals surface area contributed by atoms with E-state index in [2.05, 4.69) is 5.32 Å². The molecule has 2 aromatic rings. The van der Waals surface area contributed by atoms with E-state index < -0.39 is 10.0 Å². The molecule has 3 rings (SSSR count). The molecule has 0 aromatic heterocycles. The summed E-state index contributed by atoms with van der Waals surface area (Å²) < 4.78 is 40.4. The number of halogens is 1. The van der Waals surface area contributed by atoms with Gasteiger partial charge in [0.15, 0.2) is 5.11 Å². The maximum atomic E-state index is 13.7. The van der Waals surface area contributed by atoms with Gasteiger partial charge in [-0.3, -0.25) is 0 Å². The lowest BCUT2D eigenvalue weighted by molar-refractivity contribution is 0.268. The van der Waals surface area contributed by atoms with Gasteiger partial charge in [-0.05, 0) is 42.4 Å². The normalized spacial score (nSPS) is 15.6. The highest BCUT2D eigenvalue weighted by atomic mass is 32.2. The quantitative estimate of drug-likeness (QED) is 0.790. The van der Waals surface area contributed by atoms with Crippen LogP contribution in [0.5, 0.6) is 0 Å². The summed E-state index contributed by atoms with van der Waals surface area (Å²) in [5.41, 5.74) is 1.93. The molecule has 5 nitrogen and oxygen atoms in total. The zero-order valence-electron chi connectivity index (χ0n) is 15.1. The number of anilines is 1. The minimum atomic E-state index is -3.36. The van der Waals surface area contributed by atoms with Gasteiger partial charge in [0, 0.05) is 31.9 Å². The first kappa shape index (κ1) is 19.7. The van der Waals surface area contributed by atoms with Crippen molar-refractivity contribution in [3.8, 4) is 0 Å². The third-order valence-corrected chi connectivity index (χ3v) is 6.74. The highest BCUT2D eigenvalue weighted by Gasteiger charge is 2.28. The monoisotopic (exact) mass is 407 g/mol. The van der Waals surface area contributed by atoms with Crippen molar-refractivity contribution >= 4 is 33.0 Å². The van der Waals surface area contributed by atoms with Crippen molar-refractivity contribution in [3.05, 3.63) is 65.5 Å². The van der Waals surface area contributed by atoms with Crippen LogP contribution in [0.15, 0.2) is 48.5 Å². The number of aryl methyl sites for hydroxylation is 1. The van der Waals surface area contributed by atoms with Crippen molar-refractivity contribution in [2.75, 3.05) is 31.5 Å². The van der Waals surface area contributed by atoms with Gasteiger partial charge in [0.1, 0.15) is 5.82 Å². The molecule has 2 aromatic carbocycles. The Kier molecular flexibility index (Phi) is 6.08. The van der Waals surface area contributed by atoms with Gasteiger partial charge < -0.3 is 10.2 Å². The molecule has 1 fully saturated rings. The van der Waals surface area contributed by atoms with Crippen LogP contribution in [0.3, 0.4) is 0 Å². The van der Waals surface area contributed by atoms with Crippen molar-refractivity contribution in [1.82, 2.24) is 9.21 Å². The van der Waals surface area contributed by atoms with E-state index in [9.17, 15) is 12.8 Å². The number of rotatable bonds is 4. The highest BCUT2D eigenvalue weighted by molar-refractivity contribution is 7.88. The number of hydrogen-bond donors (Lipinski definition) is 1. The van der Waals surface area contributed by atoms with Crippen molar-refractivity contribution in [3.63, 3.8) is 0 Å². The molecule has 8 heteroatoms. The average Bonchev–Trinajstić information content (AvgIpc) is 2.65. The molecular formula is C19H22FN3O2S2. The lowest BCUT2D eigenvalue weighted by atomic mass is 10.2. The zero-order valence-corrected chi connectivity index (χ0v) is 16.7. The van der Waals surface area contributed by atoms with Crippen molar-refractivity contribution in [2.45, 2.75) is 12.7 Å². The van der Waals surface area contributed by atoms with Crippen LogP contribution in [0.2, 0.25) is 0 Å². The maximum Gasteiger partial charge on any atom is 0.218 e. The van der Waals surface area contributed by atoms with Gasteiger partial charge in [-0.1, -0.05) is 36.4 Å². The van der Waals surface area contributed by atoms with Crippen LogP contribution in [0, 0.1) is 12.7 Å². The summed E-state index contributed by atoms with van der Waals surface area (Å²) in [5.74, 6) is -0.293. The third kappa shape index (κ3) is 5.03. The Bertz CT molecular complexity index is 912. The molecular weight excluding hydrogens is 385 g/mol. The lowest BCUT2D eigenvalue weighted by Crippen LogP contribution is -2.51. The van der Waals surface area contributed by atoms with Crippen molar-refractivity contribution in [1.29, 1.82) is 0 Å². The fourth-order valence-electron chi connectivity index (χ4n) is 2.92. The largest absolute Gasteiger partial charge is 0.346 e. The van der Waals surface area contributed by atoms with Gasteiger partial charge in [-0.15, -0.1) is 0 Å². The SMILES string of the molecule is Cc1ccc(NC(=S)N2CCN(S(=O)(=O)Cc3ccccc3)CC2)cc1F. The first-order chi connectivity index (χ1) is 12.8. The van der Waals surface area contributed by atoms with E-state index in [1.54, 1.807) is 19.1 Å². The van der Waals surface area contributed by atoms with Gasteiger partial charge in [-0.25, -0.2) is 12.8 Å². The number of sulfonamides is 1. The van der Waals surface area contributed by atoms with E-state index in [-0.39, 0.29) is 11.6 Å². The summed E-state index contributed by atoms with van der Waals surface area (Å²) >= 11 is 5.39. The Balaban J connectivity index is 1.56. The molecule has 0 aliphatic carbocycles. The fourth-order valence-corrected chi connectivity index (χ4v) is 4.73. The number of nitrogens with zero attached hydrogens (tertiary/aromatic N) is 2. The Labute approximate surface area is 164 Å². The molecule has 1 N–H and O–H groups in total. The molecule has 0 atom stereocenters. The second-order valence-electron chi connectivity index (χ2n) is 6.52. The minimum Gasteiger partial charge on any atom is -0.346 e. The number of benzene rings is 2. The summed E-state index contributed by atoms with van der Waals surface area (Å²) in [6.07, 6.45) is 0. The lowest BCUT2D eigenvalue weighted by Gasteiger charge is -2.35. The Morgan fingerprint density at radius 2 is 1.78 bits per heavy atom. The number of thiocarbonyl (C=S) groups is 1. The Morgan fingerprint density at radius 3 is 2.41 bits per heavy atom. The first-order valence-corrected chi connectivity index (χ1v) is 10.7. The van der Waals surface area contributed by atoms with Crippen LogP contribution < -0.4 is 5.32 Å². The van der Waals surface area contributed by atoms with E-state index in [0.717, 1.165) is 5.56 Å². The number of nitrogens with one attached hydrogen (secondary N) is 1. The van der Waals surface area contributed by atoms with Crippen LogP contribution in [-0.2, 0) is 15.8 Å². The van der Waals surface area contributed by atoms with Crippen LogP contribution in [-0.4, -0.2) is 48.9 Å². The summed E-state index contributed by atoms with van der Waals surface area (Å²) in [6.45, 7) is 3.44. The minimum absolute atomic E-state index is 0.000814. The average molecular weight is 408 g/mol. The van der Waals surface area contributed by atoms with E-state index in [0.29, 0.717) is 42.5 Å². The van der Waals surface area contributed by atoms with E-state index in [4.69, 9.17) is 12.2 Å². The third-order valence-electron chi connectivity index (χ3n) is 4.53. The summed E-state index contributed by atoms with van der Waals surface area (Å²) in [7, 11) is -3.36. The predicted octanol–water partition coefficient (Wildman–Crippen LogP) is 2.98. The summed E-state index contributed by atoms with van der Waals surface area (Å²) in [4.78, 5) is 1.90. The van der Waals surface area contributed by atoms with E-state index >= 15 is 0 Å². The molecule has 144 valence electrons. The van der Waals surface area contributed by atoms with Gasteiger partial charge >= 0.3 is 0 Å². The Morgan fingerprint density at radius 1 is 1.11 bits per heavy atom. The van der Waals surface area contributed by atoms with Crippen LogP contribution in [0.4, 0.5) is 10.1 Å². The molecule has 0 saturated carbocycles. The van der Waals surface area contributed by atoms with E-state index in [1.807, 2.05) is 35.2 Å². The van der Waals surface area contributed by atoms with E-state index in [1.165, 1.54) is 10.4 Å². The van der Waals surface area contributed by atoms with Crippen molar-refractivity contribution < 1.29 is 12.8 Å². The molecule has 0 unspecified atom stereocenters. The topological polar surface area (TPSA) is 52.6 Å². The summed E-state index contributed by atoms with van der Waals surface area (Å²) in [5, 5.41) is 3.49. The number of hydrogen-bond acceptors (Lipinski definition) is 3. The maximum absolute atomic E-state index is 13.7. The van der Waals surface area contributed by atoms with Crippen LogP contribution in [0.25, 0.3) is 0 Å². The number of piperazine rings is 1. The molecule has 0 radical (unpaired) electrons. The zero-order chi connectivity index (χ0) is 19.4. The van der Waals surface area contributed by atoms with Crippen molar-refractivity contribution in [2.24, 2.45) is 0 Å². The fraction of sp³-hybridized carbons (Fsp3) is 0.316. The van der Waals surface area contributed by atoms with Gasteiger partial charge in [0.05, 0.1) is 5.75 Å². The smallest absolute Gasteiger partial charge is 0.218 e. The first-order valence-electron chi connectivity index (χ1n) is 8.69. The molecule has 1 aliphatic heterocycles. The van der Waals surface area contributed by atoms with Gasteiger partial charge in [0.25, 0.3) is 0 Å².